The van der Waals surface area contributed by atoms with Crippen molar-refractivity contribution in [1.29, 1.82) is 0 Å². The highest BCUT2D eigenvalue weighted by Gasteiger charge is 2.08. The van der Waals surface area contributed by atoms with Gasteiger partial charge in [0.05, 0.1) is 0 Å². The Morgan fingerprint density at radius 3 is 1.30 bits per heavy atom. The number of hydrogen-bond acceptors (Lipinski definition) is 0. The Labute approximate surface area is 237 Å². The van der Waals surface area contributed by atoms with Crippen molar-refractivity contribution >= 4 is 46.1 Å². The van der Waals surface area contributed by atoms with Gasteiger partial charge >= 0.3 is 0 Å². The Bertz CT molecular complexity index is 1660. The van der Waals surface area contributed by atoms with Crippen molar-refractivity contribution in [2.24, 2.45) is 0 Å². The molecule has 0 aliphatic carbocycles. The zero-order valence-corrected chi connectivity index (χ0v) is 23.4. The second-order valence-electron chi connectivity index (χ2n) is 10.8. The van der Waals surface area contributed by atoms with Gasteiger partial charge in [0.15, 0.2) is 0 Å². The first-order valence-electron chi connectivity index (χ1n) is 14.3. The smallest absolute Gasteiger partial charge is 0.0486 e. The van der Waals surface area contributed by atoms with Gasteiger partial charge in [-0.1, -0.05) is 120 Å². The molecule has 0 bridgehead atoms. The maximum Gasteiger partial charge on any atom is 0.0486 e. The summed E-state index contributed by atoms with van der Waals surface area (Å²) in [6.45, 7) is 6.28. The van der Waals surface area contributed by atoms with Gasteiger partial charge in [0.25, 0.3) is 0 Å². The molecule has 0 amide bonds. The van der Waals surface area contributed by atoms with Crippen LogP contribution in [0.4, 0.5) is 0 Å². The van der Waals surface area contributed by atoms with Crippen LogP contribution in [0.1, 0.15) is 46.2 Å². The molecule has 2 nitrogen and oxygen atoms in total. The van der Waals surface area contributed by atoms with E-state index in [1.54, 1.807) is 0 Å². The number of fused-ring (bicyclic) bond motifs is 2. The summed E-state index contributed by atoms with van der Waals surface area (Å²) in [7, 11) is 0. The average Bonchev–Trinajstić information content (AvgIpc) is 3.53. The van der Waals surface area contributed by atoms with Gasteiger partial charge < -0.3 is 9.13 Å². The van der Waals surface area contributed by atoms with E-state index in [1.807, 2.05) is 0 Å². The van der Waals surface area contributed by atoms with Crippen LogP contribution >= 0.6 is 0 Å². The van der Waals surface area contributed by atoms with Crippen molar-refractivity contribution in [3.8, 4) is 0 Å². The Hall–Kier alpha value is -4.56. The van der Waals surface area contributed by atoms with Crippen molar-refractivity contribution in [3.05, 3.63) is 143 Å². The number of para-hydroxylation sites is 2. The standard InChI is InChI=1S/C38H36N2/c1-29-13-17-31(18-14-29)21-23-33-27-39(37-11-5-3-9-35(33)37)25-7-8-26-40-28-34(36-10-4-6-12-38(36)40)24-22-32-19-15-30(2)16-20-32/h3-6,9-24,27-28H,7-8,25-26H2,1-2H3/b23-21+,24-22+. The summed E-state index contributed by atoms with van der Waals surface area (Å²) in [6.07, 6.45) is 15.8. The van der Waals surface area contributed by atoms with Crippen LogP contribution in [-0.2, 0) is 13.1 Å². The maximum absolute atomic E-state index is 2.42. The average molecular weight is 521 g/mol. The highest BCUT2D eigenvalue weighted by Crippen LogP contribution is 2.26. The van der Waals surface area contributed by atoms with Crippen LogP contribution in [0.25, 0.3) is 46.1 Å². The minimum atomic E-state index is 1.01. The Morgan fingerprint density at radius 1 is 0.475 bits per heavy atom. The van der Waals surface area contributed by atoms with E-state index in [2.05, 4.69) is 157 Å². The molecular weight excluding hydrogens is 484 g/mol. The minimum absolute atomic E-state index is 1.01. The van der Waals surface area contributed by atoms with Gasteiger partial charge in [-0.2, -0.15) is 0 Å². The third-order valence-corrected chi connectivity index (χ3v) is 7.75. The van der Waals surface area contributed by atoms with Gasteiger partial charge in [0, 0.05) is 47.3 Å². The first-order valence-corrected chi connectivity index (χ1v) is 14.3. The van der Waals surface area contributed by atoms with Crippen molar-refractivity contribution < 1.29 is 0 Å². The summed E-state index contributed by atoms with van der Waals surface area (Å²) < 4.78 is 4.85. The van der Waals surface area contributed by atoms with Crippen LogP contribution in [0.2, 0.25) is 0 Å². The Balaban J connectivity index is 1.15. The molecule has 0 radical (unpaired) electrons. The molecule has 0 aliphatic heterocycles. The minimum Gasteiger partial charge on any atom is -0.347 e. The predicted molar refractivity (Wildman–Crippen MR) is 173 cm³/mol. The lowest BCUT2D eigenvalue weighted by atomic mass is 10.1. The van der Waals surface area contributed by atoms with Crippen LogP contribution in [-0.4, -0.2) is 9.13 Å². The Morgan fingerprint density at radius 2 is 0.875 bits per heavy atom. The molecule has 40 heavy (non-hydrogen) atoms. The molecule has 2 heteroatoms. The van der Waals surface area contributed by atoms with Gasteiger partial charge in [-0.15, -0.1) is 0 Å². The largest absolute Gasteiger partial charge is 0.347 e. The fourth-order valence-electron chi connectivity index (χ4n) is 5.48. The topological polar surface area (TPSA) is 9.86 Å². The second kappa shape index (κ2) is 11.7. The van der Waals surface area contributed by atoms with Crippen LogP contribution in [0, 0.1) is 13.8 Å². The fraction of sp³-hybridized carbons (Fsp3) is 0.158. The van der Waals surface area contributed by atoms with E-state index in [0.29, 0.717) is 0 Å². The lowest BCUT2D eigenvalue weighted by molar-refractivity contribution is 0.569. The molecular formula is C38H36N2. The van der Waals surface area contributed by atoms with E-state index >= 15 is 0 Å². The summed E-state index contributed by atoms with van der Waals surface area (Å²) in [5, 5.41) is 2.62. The molecule has 4 aromatic carbocycles. The van der Waals surface area contributed by atoms with E-state index < -0.39 is 0 Å². The van der Waals surface area contributed by atoms with Crippen LogP contribution < -0.4 is 0 Å². The first-order chi connectivity index (χ1) is 19.6. The quantitative estimate of drug-likeness (QED) is 0.168. The molecule has 0 saturated carbocycles. The van der Waals surface area contributed by atoms with E-state index in [4.69, 9.17) is 0 Å². The zero-order chi connectivity index (χ0) is 27.3. The molecule has 0 atom stereocenters. The van der Waals surface area contributed by atoms with E-state index in [-0.39, 0.29) is 0 Å². The lowest BCUT2D eigenvalue weighted by Gasteiger charge is -2.07. The van der Waals surface area contributed by atoms with E-state index in [0.717, 1.165) is 25.9 Å². The highest BCUT2D eigenvalue weighted by atomic mass is 15.0. The maximum atomic E-state index is 2.42. The van der Waals surface area contributed by atoms with Gasteiger partial charge in [0.1, 0.15) is 0 Å². The van der Waals surface area contributed by atoms with Crippen LogP contribution in [0.5, 0.6) is 0 Å². The van der Waals surface area contributed by atoms with Crippen LogP contribution in [0.3, 0.4) is 0 Å². The molecule has 2 aromatic heterocycles. The number of aryl methyl sites for hydroxylation is 4. The number of unbranched alkanes of at least 4 members (excludes halogenated alkanes) is 1. The summed E-state index contributed by atoms with van der Waals surface area (Å²) in [5.41, 5.74) is 10.2. The normalized spacial score (nSPS) is 11.9. The van der Waals surface area contributed by atoms with Gasteiger partial charge in [-0.25, -0.2) is 0 Å². The molecule has 0 spiro atoms. The highest BCUT2D eigenvalue weighted by molar-refractivity contribution is 5.93. The zero-order valence-electron chi connectivity index (χ0n) is 23.4. The summed E-state index contributed by atoms with van der Waals surface area (Å²) >= 11 is 0. The first kappa shape index (κ1) is 25.7. The van der Waals surface area contributed by atoms with Crippen molar-refractivity contribution in [2.45, 2.75) is 39.8 Å². The summed E-state index contributed by atoms with van der Waals surface area (Å²) in [5.74, 6) is 0. The molecule has 0 aliphatic rings. The molecule has 0 unspecified atom stereocenters. The van der Waals surface area contributed by atoms with Crippen molar-refractivity contribution in [2.75, 3.05) is 0 Å². The Kier molecular flexibility index (Phi) is 7.50. The number of nitrogens with zero attached hydrogens (tertiary/aromatic N) is 2. The number of hydrogen-bond donors (Lipinski definition) is 0. The SMILES string of the molecule is Cc1ccc(/C=C/c2cn(CCCCn3cc(/C=C/c4ccc(C)cc4)c4ccccc43)c3ccccc23)cc1. The van der Waals surface area contributed by atoms with Crippen molar-refractivity contribution in [3.63, 3.8) is 0 Å². The number of rotatable bonds is 9. The predicted octanol–water partition coefficient (Wildman–Crippen LogP) is 10.0. The van der Waals surface area contributed by atoms with Crippen molar-refractivity contribution in [1.82, 2.24) is 9.13 Å². The molecule has 6 aromatic rings. The van der Waals surface area contributed by atoms with E-state index in [1.165, 1.54) is 55.2 Å². The van der Waals surface area contributed by atoms with Gasteiger partial charge in [0.2, 0.25) is 0 Å². The third kappa shape index (κ3) is 5.72. The number of aromatic nitrogens is 2. The summed E-state index contributed by atoms with van der Waals surface area (Å²) in [6, 6.07) is 34.9. The van der Waals surface area contributed by atoms with E-state index in [9.17, 15) is 0 Å². The molecule has 0 fully saturated rings. The third-order valence-electron chi connectivity index (χ3n) is 7.75. The molecule has 2 heterocycles. The number of benzene rings is 4. The molecule has 0 N–H and O–H groups in total. The monoisotopic (exact) mass is 520 g/mol. The lowest BCUT2D eigenvalue weighted by Crippen LogP contribution is -2.00. The molecule has 6 rings (SSSR count). The van der Waals surface area contributed by atoms with Gasteiger partial charge in [-0.05, 0) is 61.1 Å². The molecule has 198 valence electrons. The fourth-order valence-corrected chi connectivity index (χ4v) is 5.48. The van der Waals surface area contributed by atoms with Gasteiger partial charge in [-0.3, -0.25) is 0 Å². The van der Waals surface area contributed by atoms with Crippen LogP contribution in [0.15, 0.2) is 109 Å². The molecule has 0 saturated heterocycles. The summed E-state index contributed by atoms with van der Waals surface area (Å²) in [4.78, 5) is 0. The second-order valence-corrected chi connectivity index (χ2v) is 10.8.